The Balaban J connectivity index is 1.40. The van der Waals surface area contributed by atoms with Crippen molar-refractivity contribution in [3.63, 3.8) is 0 Å². The van der Waals surface area contributed by atoms with E-state index < -0.39 is 11.8 Å². The van der Waals surface area contributed by atoms with Crippen LogP contribution in [-0.2, 0) is 21.9 Å². The molecule has 2 saturated carbocycles. The van der Waals surface area contributed by atoms with E-state index in [0.717, 1.165) is 37.8 Å². The minimum atomic E-state index is -0.731. The lowest BCUT2D eigenvalue weighted by Crippen LogP contribution is -2.41. The number of carboxylic acid groups (broad SMARTS) is 1. The molecule has 0 saturated heterocycles. The lowest BCUT2D eigenvalue weighted by molar-refractivity contribution is -0.704. The van der Waals surface area contributed by atoms with Crippen molar-refractivity contribution in [2.75, 3.05) is 5.32 Å². The molecule has 7 nitrogen and oxygen atoms in total. The van der Waals surface area contributed by atoms with Gasteiger partial charge in [-0.25, -0.2) is 14.4 Å². The molecule has 3 heterocycles. The molecule has 2 aliphatic carbocycles. The van der Waals surface area contributed by atoms with Crippen LogP contribution in [-0.4, -0.2) is 27.1 Å². The van der Waals surface area contributed by atoms with Crippen molar-refractivity contribution in [1.82, 2.24) is 9.97 Å². The third kappa shape index (κ3) is 3.15. The van der Waals surface area contributed by atoms with Crippen LogP contribution in [0.3, 0.4) is 0 Å². The molecule has 0 atom stereocenters. The number of halogens is 1. The van der Waals surface area contributed by atoms with Gasteiger partial charge in [0.05, 0.1) is 12.1 Å². The van der Waals surface area contributed by atoms with Crippen LogP contribution in [0, 0.1) is 11.7 Å². The molecular weight excluding hydrogens is 375 g/mol. The lowest BCUT2D eigenvalue weighted by Gasteiger charge is -2.32. The third-order valence-corrected chi connectivity index (χ3v) is 6.58. The number of hydrogen-bond donors (Lipinski definition) is 2. The first-order valence-corrected chi connectivity index (χ1v) is 10.3. The van der Waals surface area contributed by atoms with Gasteiger partial charge in [0.15, 0.2) is 17.1 Å². The van der Waals surface area contributed by atoms with E-state index in [1.807, 2.05) is 16.7 Å². The van der Waals surface area contributed by atoms with Crippen LogP contribution in [0.4, 0.5) is 10.3 Å². The van der Waals surface area contributed by atoms with Crippen LogP contribution in [0.15, 0.2) is 24.4 Å². The summed E-state index contributed by atoms with van der Waals surface area (Å²) >= 11 is 0. The second kappa shape index (κ2) is 7.02. The Morgan fingerprint density at radius 3 is 2.76 bits per heavy atom. The molecule has 3 aliphatic rings. The normalized spacial score (nSPS) is 24.7. The molecule has 0 bridgehead atoms. The van der Waals surface area contributed by atoms with E-state index in [2.05, 4.69) is 21.4 Å². The van der Waals surface area contributed by atoms with Gasteiger partial charge in [-0.05, 0) is 51.0 Å². The summed E-state index contributed by atoms with van der Waals surface area (Å²) in [6, 6.07) is 5.93. The molecule has 1 spiro atoms. The first-order valence-electron chi connectivity index (χ1n) is 10.3. The monoisotopic (exact) mass is 399 g/mol. The minimum absolute atomic E-state index is 0.0969. The maximum Gasteiger partial charge on any atom is 0.306 e. The van der Waals surface area contributed by atoms with Crippen molar-refractivity contribution in [1.29, 1.82) is 0 Å². The van der Waals surface area contributed by atoms with Crippen LogP contribution in [0.25, 0.3) is 11.4 Å². The van der Waals surface area contributed by atoms with Crippen LogP contribution in [0.2, 0.25) is 0 Å². The van der Waals surface area contributed by atoms with Gasteiger partial charge in [-0.2, -0.15) is 4.57 Å². The molecule has 1 aliphatic heterocycles. The molecule has 0 aromatic carbocycles. The summed E-state index contributed by atoms with van der Waals surface area (Å²) in [7, 11) is 0. The van der Waals surface area contributed by atoms with Crippen LogP contribution < -0.4 is 9.88 Å². The van der Waals surface area contributed by atoms with Crippen molar-refractivity contribution in [2.24, 2.45) is 5.92 Å². The molecule has 152 valence electrons. The standard InChI is InChI=1S/C21H23FN4O3/c22-15-11-23-20(24-14-7-5-13(6-8-14)19(27)28)25-18(15)16-3-1-4-17-21(9-2-10-21)29-12-26(16)17/h1,3-4,11,13-14H,2,5-10,12H2,(H-,23,24,25,27,28)/p+1. The van der Waals surface area contributed by atoms with Crippen LogP contribution in [0.1, 0.15) is 50.6 Å². The summed E-state index contributed by atoms with van der Waals surface area (Å²) in [4.78, 5) is 19.7. The second-order valence-electron chi connectivity index (χ2n) is 8.27. The summed E-state index contributed by atoms with van der Waals surface area (Å²) in [6.45, 7) is 0.400. The summed E-state index contributed by atoms with van der Waals surface area (Å²) in [5, 5.41) is 12.4. The van der Waals surface area contributed by atoms with Gasteiger partial charge in [0.2, 0.25) is 17.3 Å². The fourth-order valence-corrected chi connectivity index (χ4v) is 4.73. The highest BCUT2D eigenvalue weighted by Crippen LogP contribution is 2.46. The van der Waals surface area contributed by atoms with E-state index in [1.165, 1.54) is 6.20 Å². The summed E-state index contributed by atoms with van der Waals surface area (Å²) in [6.07, 6.45) is 7.05. The minimum Gasteiger partial charge on any atom is -0.481 e. The molecule has 5 rings (SSSR count). The predicted molar refractivity (Wildman–Crippen MR) is 101 cm³/mol. The van der Waals surface area contributed by atoms with Crippen molar-refractivity contribution in [3.05, 3.63) is 35.9 Å². The quantitative estimate of drug-likeness (QED) is 0.769. The number of pyridine rings is 1. The molecule has 2 aromatic heterocycles. The van der Waals surface area contributed by atoms with Gasteiger partial charge in [0.1, 0.15) is 0 Å². The fraction of sp³-hybridized carbons (Fsp3) is 0.524. The number of aliphatic carboxylic acids is 1. The molecule has 29 heavy (non-hydrogen) atoms. The fourth-order valence-electron chi connectivity index (χ4n) is 4.73. The molecule has 0 unspecified atom stereocenters. The Hall–Kier alpha value is -2.61. The number of ether oxygens (including phenoxy) is 1. The number of nitrogens with zero attached hydrogens (tertiary/aromatic N) is 3. The molecular formula is C21H24FN4O3+. The zero-order valence-corrected chi connectivity index (χ0v) is 16.1. The number of rotatable bonds is 4. The van der Waals surface area contributed by atoms with Crippen molar-refractivity contribution in [3.8, 4) is 11.4 Å². The van der Waals surface area contributed by atoms with Gasteiger partial charge in [0, 0.05) is 18.2 Å². The maximum atomic E-state index is 14.7. The molecule has 8 heteroatoms. The molecule has 0 amide bonds. The largest absolute Gasteiger partial charge is 0.481 e. The Morgan fingerprint density at radius 1 is 1.28 bits per heavy atom. The number of carbonyl (C=O) groups is 1. The van der Waals surface area contributed by atoms with Crippen molar-refractivity contribution in [2.45, 2.75) is 63.3 Å². The van der Waals surface area contributed by atoms with E-state index in [1.54, 1.807) is 0 Å². The maximum absolute atomic E-state index is 14.7. The average molecular weight is 399 g/mol. The predicted octanol–water partition coefficient (Wildman–Crippen LogP) is 2.99. The smallest absolute Gasteiger partial charge is 0.306 e. The van der Waals surface area contributed by atoms with Gasteiger partial charge in [-0.15, -0.1) is 0 Å². The Morgan fingerprint density at radius 2 is 2.07 bits per heavy atom. The number of hydrogen-bond acceptors (Lipinski definition) is 5. The Kier molecular flexibility index (Phi) is 4.46. The summed E-state index contributed by atoms with van der Waals surface area (Å²) in [5.41, 5.74) is 1.80. The number of carboxylic acids is 1. The van der Waals surface area contributed by atoms with Crippen LogP contribution in [0.5, 0.6) is 0 Å². The second-order valence-corrected chi connectivity index (χ2v) is 8.27. The van der Waals surface area contributed by atoms with Gasteiger partial charge < -0.3 is 15.2 Å². The number of fused-ring (bicyclic) bond motifs is 2. The Labute approximate surface area is 168 Å². The van der Waals surface area contributed by atoms with Crippen molar-refractivity contribution < 1.29 is 23.6 Å². The number of anilines is 1. The van der Waals surface area contributed by atoms with Gasteiger partial charge in [-0.1, -0.05) is 0 Å². The first kappa shape index (κ1) is 18.4. The number of aromatic nitrogens is 3. The van der Waals surface area contributed by atoms with Gasteiger partial charge in [-0.3, -0.25) is 4.79 Å². The van der Waals surface area contributed by atoms with E-state index in [-0.39, 0.29) is 23.3 Å². The van der Waals surface area contributed by atoms with E-state index in [0.29, 0.717) is 31.2 Å². The highest BCUT2D eigenvalue weighted by molar-refractivity contribution is 5.70. The topological polar surface area (TPSA) is 88.2 Å². The lowest BCUT2D eigenvalue weighted by atomic mass is 9.77. The summed E-state index contributed by atoms with van der Waals surface area (Å²) < 4.78 is 22.7. The van der Waals surface area contributed by atoms with Gasteiger partial charge in [0.25, 0.3) is 6.73 Å². The Bertz CT molecular complexity index is 955. The van der Waals surface area contributed by atoms with E-state index in [4.69, 9.17) is 9.84 Å². The van der Waals surface area contributed by atoms with E-state index in [9.17, 15) is 9.18 Å². The van der Waals surface area contributed by atoms with Crippen LogP contribution >= 0.6 is 0 Å². The zero-order chi connectivity index (χ0) is 20.0. The summed E-state index contributed by atoms with van der Waals surface area (Å²) in [5.74, 6) is -1.11. The third-order valence-electron chi connectivity index (χ3n) is 6.58. The highest BCUT2D eigenvalue weighted by atomic mass is 19.1. The van der Waals surface area contributed by atoms with E-state index >= 15 is 0 Å². The van der Waals surface area contributed by atoms with Crippen molar-refractivity contribution >= 4 is 11.9 Å². The average Bonchev–Trinajstić information content (AvgIpc) is 3.10. The molecule has 2 aromatic rings. The van der Waals surface area contributed by atoms with Gasteiger partial charge >= 0.3 is 5.97 Å². The molecule has 0 radical (unpaired) electrons. The highest BCUT2D eigenvalue weighted by Gasteiger charge is 2.52. The zero-order valence-electron chi connectivity index (χ0n) is 16.1. The first-order chi connectivity index (χ1) is 14.1. The molecule has 2 fully saturated rings. The molecule has 2 N–H and O–H groups in total. The number of nitrogens with one attached hydrogen (secondary N) is 1. The SMILES string of the molecule is O=C(O)C1CCC(Nc2ncc(F)c(-c3cccc4[n+]3COC43CCC3)n2)CC1.